The molecule has 3 aromatic carbocycles. The predicted octanol–water partition coefficient (Wildman–Crippen LogP) is 6.19. The molecule has 1 saturated carbocycles. The highest BCUT2D eigenvalue weighted by Gasteiger charge is 2.37. The first-order chi connectivity index (χ1) is 19.8. The number of hydrogen-bond donors (Lipinski definition) is 0. The van der Waals surface area contributed by atoms with E-state index in [4.69, 9.17) is 0 Å². The largest absolute Gasteiger partial charge is 0.307 e. The summed E-state index contributed by atoms with van der Waals surface area (Å²) in [6.07, 6.45) is 5.59. The monoisotopic (exact) mass is 611 g/mol. The lowest BCUT2D eigenvalue weighted by Crippen LogP contribution is -2.41. The standard InChI is InChI=1S/C28H26F5N3O5S/c1-34(42(40,41)28-26(32)24(30)23(29)25(31)27(28)33)16-22(37)35(20-11-13-21(14-12-20)36(38)39)15-17-7-9-19(10-8-17)18-5-3-2-4-6-18/h7-14,18H,2-6,15-16H2,1H3. The summed E-state index contributed by atoms with van der Waals surface area (Å²) in [7, 11) is -4.63. The number of carbonyl (C=O) groups is 1. The van der Waals surface area contributed by atoms with E-state index < -0.39 is 61.4 Å². The van der Waals surface area contributed by atoms with E-state index in [1.165, 1.54) is 18.6 Å². The van der Waals surface area contributed by atoms with Gasteiger partial charge in [-0.25, -0.2) is 30.4 Å². The number of non-ortho nitro benzene ring substituents is 1. The van der Waals surface area contributed by atoms with Gasteiger partial charge < -0.3 is 4.90 Å². The van der Waals surface area contributed by atoms with Gasteiger partial charge in [-0.3, -0.25) is 14.9 Å². The van der Waals surface area contributed by atoms with Gasteiger partial charge in [0.15, 0.2) is 28.2 Å². The first-order valence-electron chi connectivity index (χ1n) is 12.9. The smallest absolute Gasteiger partial charge is 0.269 e. The Labute approximate surface area is 238 Å². The molecule has 42 heavy (non-hydrogen) atoms. The van der Waals surface area contributed by atoms with Crippen LogP contribution in [-0.2, 0) is 21.4 Å². The molecular formula is C28H26F5N3O5S. The molecule has 3 aromatic rings. The number of nitro benzene ring substituents is 1. The Morgan fingerprint density at radius 2 is 1.38 bits per heavy atom. The van der Waals surface area contributed by atoms with Crippen molar-refractivity contribution in [3.63, 3.8) is 0 Å². The summed E-state index contributed by atoms with van der Waals surface area (Å²) in [5.74, 6) is -13.1. The normalized spacial score (nSPS) is 14.3. The van der Waals surface area contributed by atoms with Crippen molar-refractivity contribution >= 4 is 27.3 Å². The van der Waals surface area contributed by atoms with Gasteiger partial charge in [0.25, 0.3) is 5.69 Å². The topological polar surface area (TPSA) is 101 Å². The summed E-state index contributed by atoms with van der Waals surface area (Å²) in [6, 6.07) is 12.3. The molecule has 8 nitrogen and oxygen atoms in total. The van der Waals surface area contributed by atoms with E-state index in [1.807, 2.05) is 12.1 Å². The zero-order chi connectivity index (χ0) is 30.8. The number of rotatable bonds is 9. The Kier molecular flexibility index (Phi) is 9.26. The summed E-state index contributed by atoms with van der Waals surface area (Å²) in [6.45, 7) is -1.17. The molecule has 224 valence electrons. The van der Waals surface area contributed by atoms with Gasteiger partial charge in [0.1, 0.15) is 0 Å². The minimum Gasteiger partial charge on any atom is -0.307 e. The minimum atomic E-state index is -5.38. The Balaban J connectivity index is 1.63. The highest BCUT2D eigenvalue weighted by Crippen LogP contribution is 2.33. The number of nitro groups is 1. The zero-order valence-electron chi connectivity index (χ0n) is 22.3. The van der Waals surface area contributed by atoms with Crippen molar-refractivity contribution in [1.29, 1.82) is 0 Å². The van der Waals surface area contributed by atoms with Crippen molar-refractivity contribution in [2.45, 2.75) is 49.5 Å². The second-order valence-electron chi connectivity index (χ2n) is 9.99. The molecule has 0 aromatic heterocycles. The number of benzene rings is 3. The molecule has 0 heterocycles. The number of carbonyl (C=O) groups excluding carboxylic acids is 1. The van der Waals surface area contributed by atoms with Crippen LogP contribution in [0.1, 0.15) is 49.1 Å². The van der Waals surface area contributed by atoms with Gasteiger partial charge in [0.2, 0.25) is 21.7 Å². The van der Waals surface area contributed by atoms with Crippen LogP contribution in [0.2, 0.25) is 0 Å². The van der Waals surface area contributed by atoms with Crippen LogP contribution in [0.25, 0.3) is 0 Å². The number of likely N-dealkylation sites (N-methyl/N-ethyl adjacent to an activating group) is 1. The van der Waals surface area contributed by atoms with Crippen molar-refractivity contribution in [1.82, 2.24) is 4.31 Å². The average Bonchev–Trinajstić information content (AvgIpc) is 2.98. The van der Waals surface area contributed by atoms with E-state index >= 15 is 0 Å². The number of hydrogen-bond acceptors (Lipinski definition) is 5. The molecule has 0 spiro atoms. The zero-order valence-corrected chi connectivity index (χ0v) is 23.1. The first kappa shape index (κ1) is 31.0. The molecule has 1 aliphatic carbocycles. The molecule has 0 unspecified atom stereocenters. The fraction of sp³-hybridized carbons (Fsp3) is 0.321. The van der Waals surface area contributed by atoms with Crippen molar-refractivity contribution in [3.05, 3.63) is 98.9 Å². The third-order valence-electron chi connectivity index (χ3n) is 7.27. The maximum atomic E-state index is 14.3. The Hall–Kier alpha value is -3.91. The van der Waals surface area contributed by atoms with Crippen molar-refractivity contribution in [3.8, 4) is 0 Å². The SMILES string of the molecule is CN(CC(=O)N(Cc1ccc(C2CCCCC2)cc1)c1ccc([N+](=O)[O-])cc1)S(=O)(=O)c1c(F)c(F)c(F)c(F)c1F. The van der Waals surface area contributed by atoms with Gasteiger partial charge in [-0.05, 0) is 42.0 Å². The van der Waals surface area contributed by atoms with Gasteiger partial charge in [0, 0.05) is 24.9 Å². The second kappa shape index (κ2) is 12.5. The number of halogens is 5. The molecule has 0 aliphatic heterocycles. The van der Waals surface area contributed by atoms with Crippen molar-refractivity contribution < 1.29 is 40.1 Å². The van der Waals surface area contributed by atoms with Gasteiger partial charge in [-0.15, -0.1) is 0 Å². The fourth-order valence-corrected chi connectivity index (χ4v) is 6.14. The van der Waals surface area contributed by atoms with Crippen LogP contribution in [0.3, 0.4) is 0 Å². The van der Waals surface area contributed by atoms with E-state index in [9.17, 15) is 45.3 Å². The molecule has 0 radical (unpaired) electrons. The Bertz CT molecular complexity index is 1570. The lowest BCUT2D eigenvalue weighted by Gasteiger charge is -2.26. The summed E-state index contributed by atoms with van der Waals surface area (Å²) >= 11 is 0. The maximum absolute atomic E-state index is 14.3. The van der Waals surface area contributed by atoms with Crippen LogP contribution >= 0.6 is 0 Å². The van der Waals surface area contributed by atoms with E-state index in [-0.39, 0.29) is 22.2 Å². The molecule has 0 atom stereocenters. The van der Waals surface area contributed by atoms with Gasteiger partial charge in [-0.1, -0.05) is 43.5 Å². The predicted molar refractivity (Wildman–Crippen MR) is 143 cm³/mol. The van der Waals surface area contributed by atoms with Crippen LogP contribution in [0, 0.1) is 39.2 Å². The van der Waals surface area contributed by atoms with Crippen LogP contribution in [0.4, 0.5) is 33.3 Å². The quantitative estimate of drug-likeness (QED) is 0.0944. The molecule has 14 heteroatoms. The molecule has 0 bridgehead atoms. The number of sulfonamides is 1. The molecule has 0 saturated heterocycles. The molecular weight excluding hydrogens is 585 g/mol. The van der Waals surface area contributed by atoms with E-state index in [0.717, 1.165) is 55.3 Å². The van der Waals surface area contributed by atoms with E-state index in [2.05, 4.69) is 0 Å². The lowest BCUT2D eigenvalue weighted by molar-refractivity contribution is -0.384. The third-order valence-corrected chi connectivity index (χ3v) is 9.09. The Morgan fingerprint density at radius 1 is 0.857 bits per heavy atom. The molecule has 0 N–H and O–H groups in total. The van der Waals surface area contributed by atoms with Gasteiger partial charge in [-0.2, -0.15) is 4.31 Å². The summed E-state index contributed by atoms with van der Waals surface area (Å²) in [5, 5.41) is 11.1. The van der Waals surface area contributed by atoms with Gasteiger partial charge in [0.05, 0.1) is 18.0 Å². The van der Waals surface area contributed by atoms with E-state index in [0.29, 0.717) is 11.5 Å². The highest BCUT2D eigenvalue weighted by molar-refractivity contribution is 7.89. The van der Waals surface area contributed by atoms with E-state index in [1.54, 1.807) is 12.1 Å². The van der Waals surface area contributed by atoms with Crippen molar-refractivity contribution in [2.24, 2.45) is 0 Å². The van der Waals surface area contributed by atoms with Crippen LogP contribution in [0.5, 0.6) is 0 Å². The van der Waals surface area contributed by atoms with Gasteiger partial charge >= 0.3 is 0 Å². The number of anilines is 1. The number of amides is 1. The first-order valence-corrected chi connectivity index (χ1v) is 14.4. The molecule has 1 aliphatic rings. The maximum Gasteiger partial charge on any atom is 0.269 e. The van der Waals surface area contributed by atoms with Crippen molar-refractivity contribution in [2.75, 3.05) is 18.5 Å². The highest BCUT2D eigenvalue weighted by atomic mass is 32.2. The molecule has 1 fully saturated rings. The summed E-state index contributed by atoms with van der Waals surface area (Å²) < 4.78 is 95.5. The minimum absolute atomic E-state index is 0.113. The molecule has 1 amide bonds. The van der Waals surface area contributed by atoms with Crippen LogP contribution < -0.4 is 4.90 Å². The van der Waals surface area contributed by atoms with Crippen LogP contribution in [-0.4, -0.2) is 37.1 Å². The second-order valence-corrected chi connectivity index (χ2v) is 12.0. The lowest BCUT2D eigenvalue weighted by atomic mass is 9.84. The average molecular weight is 612 g/mol. The van der Waals surface area contributed by atoms with Crippen LogP contribution in [0.15, 0.2) is 53.4 Å². The molecule has 4 rings (SSSR count). The summed E-state index contributed by atoms with van der Waals surface area (Å²) in [4.78, 5) is 22.9. The third kappa shape index (κ3) is 6.28. The fourth-order valence-electron chi connectivity index (χ4n) is 4.92. The Morgan fingerprint density at radius 3 is 1.90 bits per heavy atom. The summed E-state index contributed by atoms with van der Waals surface area (Å²) in [5.41, 5.74) is 1.64. The number of nitrogens with zero attached hydrogens (tertiary/aromatic N) is 3.